The monoisotopic (exact) mass is 276 g/mol. The molecule has 2 atom stereocenters. The standard InChI is InChI=1S/C11H20N2O4S/c14-11(15)10-4-2-1-3-8(10)7-12-18(16,17)13-9-5-6-9/h8-10,12-13H,1-7H2,(H,14,15). The van der Waals surface area contributed by atoms with E-state index < -0.39 is 22.1 Å². The van der Waals surface area contributed by atoms with Gasteiger partial charge in [-0.3, -0.25) is 4.79 Å². The molecule has 0 aromatic carbocycles. The molecule has 3 N–H and O–H groups in total. The fourth-order valence-corrected chi connectivity index (χ4v) is 3.65. The van der Waals surface area contributed by atoms with Crippen LogP contribution in [0, 0.1) is 11.8 Å². The van der Waals surface area contributed by atoms with Gasteiger partial charge in [0.2, 0.25) is 0 Å². The van der Waals surface area contributed by atoms with E-state index in [0.29, 0.717) is 6.42 Å². The Morgan fingerprint density at radius 3 is 2.44 bits per heavy atom. The van der Waals surface area contributed by atoms with E-state index in [9.17, 15) is 13.2 Å². The van der Waals surface area contributed by atoms with E-state index >= 15 is 0 Å². The molecule has 7 heteroatoms. The highest BCUT2D eigenvalue weighted by Gasteiger charge is 2.32. The van der Waals surface area contributed by atoms with Gasteiger partial charge in [-0.25, -0.2) is 4.72 Å². The Morgan fingerprint density at radius 1 is 1.17 bits per heavy atom. The number of hydrogen-bond acceptors (Lipinski definition) is 3. The van der Waals surface area contributed by atoms with Crippen LogP contribution >= 0.6 is 0 Å². The normalized spacial score (nSPS) is 29.1. The number of carboxylic acid groups (broad SMARTS) is 1. The molecular weight excluding hydrogens is 256 g/mol. The van der Waals surface area contributed by atoms with Crippen molar-refractivity contribution in [2.75, 3.05) is 6.54 Å². The molecule has 0 heterocycles. The molecule has 18 heavy (non-hydrogen) atoms. The van der Waals surface area contributed by atoms with Gasteiger partial charge in [0, 0.05) is 12.6 Å². The van der Waals surface area contributed by atoms with Gasteiger partial charge in [-0.2, -0.15) is 13.1 Å². The smallest absolute Gasteiger partial charge is 0.306 e. The average molecular weight is 276 g/mol. The Morgan fingerprint density at radius 2 is 1.83 bits per heavy atom. The zero-order valence-electron chi connectivity index (χ0n) is 10.3. The summed E-state index contributed by atoms with van der Waals surface area (Å²) in [6, 6.07) is 0.0733. The molecule has 2 rings (SSSR count). The molecule has 0 amide bonds. The first-order valence-electron chi connectivity index (χ1n) is 6.47. The Labute approximate surface area is 107 Å². The van der Waals surface area contributed by atoms with Gasteiger partial charge in [-0.05, 0) is 31.6 Å². The van der Waals surface area contributed by atoms with Crippen molar-refractivity contribution >= 4 is 16.2 Å². The fraction of sp³-hybridized carbons (Fsp3) is 0.909. The minimum Gasteiger partial charge on any atom is -0.481 e. The molecule has 6 nitrogen and oxygen atoms in total. The molecule has 0 aromatic rings. The van der Waals surface area contributed by atoms with Crippen LogP contribution in [0.3, 0.4) is 0 Å². The Bertz CT molecular complexity index is 405. The molecule has 2 unspecified atom stereocenters. The summed E-state index contributed by atoms with van der Waals surface area (Å²) in [4.78, 5) is 11.1. The SMILES string of the molecule is O=C(O)C1CCCCC1CNS(=O)(=O)NC1CC1. The van der Waals surface area contributed by atoms with Crippen LogP contribution in [0.5, 0.6) is 0 Å². The first-order valence-corrected chi connectivity index (χ1v) is 7.96. The van der Waals surface area contributed by atoms with Gasteiger partial charge in [0.15, 0.2) is 0 Å². The highest BCUT2D eigenvalue weighted by molar-refractivity contribution is 7.87. The molecule has 2 aliphatic rings. The third kappa shape index (κ3) is 3.93. The van der Waals surface area contributed by atoms with Crippen LogP contribution in [0.2, 0.25) is 0 Å². The molecule has 0 spiro atoms. The van der Waals surface area contributed by atoms with Crippen LogP contribution in [0.4, 0.5) is 0 Å². The van der Waals surface area contributed by atoms with Crippen LogP contribution in [0.25, 0.3) is 0 Å². The van der Waals surface area contributed by atoms with E-state index in [1.165, 1.54) is 0 Å². The van der Waals surface area contributed by atoms with Crippen molar-refractivity contribution in [3.63, 3.8) is 0 Å². The van der Waals surface area contributed by atoms with Crippen LogP contribution < -0.4 is 9.44 Å². The van der Waals surface area contributed by atoms with Crippen molar-refractivity contribution in [3.8, 4) is 0 Å². The molecule has 0 aliphatic heterocycles. The summed E-state index contributed by atoms with van der Waals surface area (Å²) in [6.07, 6.45) is 5.11. The van der Waals surface area contributed by atoms with Gasteiger partial charge >= 0.3 is 5.97 Å². The maximum Gasteiger partial charge on any atom is 0.306 e. The molecule has 104 valence electrons. The van der Waals surface area contributed by atoms with E-state index in [-0.39, 0.29) is 18.5 Å². The van der Waals surface area contributed by atoms with Crippen LogP contribution in [-0.4, -0.2) is 32.1 Å². The summed E-state index contributed by atoms with van der Waals surface area (Å²) in [5.41, 5.74) is 0. The Hall–Kier alpha value is -0.660. The highest BCUT2D eigenvalue weighted by atomic mass is 32.2. The zero-order chi connectivity index (χ0) is 13.2. The van der Waals surface area contributed by atoms with Crippen molar-refractivity contribution in [2.45, 2.75) is 44.6 Å². The number of nitrogens with one attached hydrogen (secondary N) is 2. The first kappa shape index (κ1) is 13.8. The third-order valence-electron chi connectivity index (χ3n) is 3.66. The van der Waals surface area contributed by atoms with E-state index in [2.05, 4.69) is 9.44 Å². The third-order valence-corrected chi connectivity index (χ3v) is 4.85. The van der Waals surface area contributed by atoms with Crippen molar-refractivity contribution in [1.29, 1.82) is 0 Å². The molecule has 0 saturated heterocycles. The van der Waals surface area contributed by atoms with E-state index in [0.717, 1.165) is 32.1 Å². The van der Waals surface area contributed by atoms with Gasteiger partial charge in [0.05, 0.1) is 5.92 Å². The summed E-state index contributed by atoms with van der Waals surface area (Å²) >= 11 is 0. The summed E-state index contributed by atoms with van der Waals surface area (Å²) in [5, 5.41) is 9.10. The van der Waals surface area contributed by atoms with E-state index in [1.807, 2.05) is 0 Å². The van der Waals surface area contributed by atoms with Gasteiger partial charge in [0.1, 0.15) is 0 Å². The van der Waals surface area contributed by atoms with E-state index in [1.54, 1.807) is 0 Å². The number of rotatable bonds is 6. The minimum atomic E-state index is -3.46. The zero-order valence-corrected chi connectivity index (χ0v) is 11.1. The first-order chi connectivity index (χ1) is 8.48. The summed E-state index contributed by atoms with van der Waals surface area (Å²) in [7, 11) is -3.46. The van der Waals surface area contributed by atoms with E-state index in [4.69, 9.17) is 5.11 Å². The number of hydrogen-bond donors (Lipinski definition) is 3. The Kier molecular flexibility index (Phi) is 4.24. The molecule has 0 aromatic heterocycles. The van der Waals surface area contributed by atoms with Crippen LogP contribution in [-0.2, 0) is 15.0 Å². The lowest BCUT2D eigenvalue weighted by molar-refractivity contribution is -0.144. The van der Waals surface area contributed by atoms with Crippen molar-refractivity contribution in [3.05, 3.63) is 0 Å². The average Bonchev–Trinajstić information content (AvgIpc) is 3.10. The second-order valence-electron chi connectivity index (χ2n) is 5.23. The fourth-order valence-electron chi connectivity index (χ4n) is 2.46. The molecule has 2 fully saturated rings. The predicted molar refractivity (Wildman–Crippen MR) is 66.2 cm³/mol. The molecular formula is C11H20N2O4S. The van der Waals surface area contributed by atoms with Crippen molar-refractivity contribution < 1.29 is 18.3 Å². The lowest BCUT2D eigenvalue weighted by atomic mass is 9.79. The van der Waals surface area contributed by atoms with Gasteiger partial charge < -0.3 is 5.11 Å². The summed E-state index contributed by atoms with van der Waals surface area (Å²) in [5.74, 6) is -1.32. The minimum absolute atomic E-state index is 0.0733. The number of carbonyl (C=O) groups is 1. The topological polar surface area (TPSA) is 95.5 Å². The lowest BCUT2D eigenvalue weighted by Crippen LogP contribution is -2.43. The van der Waals surface area contributed by atoms with Crippen LogP contribution in [0.1, 0.15) is 38.5 Å². The maximum absolute atomic E-state index is 11.6. The second-order valence-corrected chi connectivity index (χ2v) is 6.76. The summed E-state index contributed by atoms with van der Waals surface area (Å²) < 4.78 is 28.3. The van der Waals surface area contributed by atoms with Crippen molar-refractivity contribution in [2.24, 2.45) is 11.8 Å². The Balaban J connectivity index is 1.85. The van der Waals surface area contributed by atoms with Crippen molar-refractivity contribution in [1.82, 2.24) is 9.44 Å². The summed E-state index contributed by atoms with van der Waals surface area (Å²) in [6.45, 7) is 0.221. The predicted octanol–water partition coefficient (Wildman–Crippen LogP) is 0.464. The lowest BCUT2D eigenvalue weighted by Gasteiger charge is -2.28. The maximum atomic E-state index is 11.6. The van der Waals surface area contributed by atoms with Gasteiger partial charge in [0.25, 0.3) is 10.2 Å². The molecule has 2 aliphatic carbocycles. The molecule has 2 saturated carbocycles. The molecule has 0 bridgehead atoms. The quantitative estimate of drug-likeness (QED) is 0.657. The molecule has 0 radical (unpaired) electrons. The second kappa shape index (κ2) is 5.54. The van der Waals surface area contributed by atoms with Gasteiger partial charge in [-0.1, -0.05) is 12.8 Å². The van der Waals surface area contributed by atoms with Gasteiger partial charge in [-0.15, -0.1) is 0 Å². The largest absolute Gasteiger partial charge is 0.481 e. The number of carboxylic acids is 1. The van der Waals surface area contributed by atoms with Crippen LogP contribution in [0.15, 0.2) is 0 Å². The highest BCUT2D eigenvalue weighted by Crippen LogP contribution is 2.29. The number of aliphatic carboxylic acids is 1.